The van der Waals surface area contributed by atoms with Crippen molar-refractivity contribution in [2.24, 2.45) is 0 Å². The number of nitrogens with one attached hydrogen (secondary N) is 1. The molecule has 0 aliphatic carbocycles. The Kier molecular flexibility index (Phi) is 3.83. The molecule has 2 rings (SSSR count). The van der Waals surface area contributed by atoms with E-state index in [0.717, 1.165) is 12.1 Å². The van der Waals surface area contributed by atoms with Gasteiger partial charge in [0, 0.05) is 19.3 Å². The highest BCUT2D eigenvalue weighted by molar-refractivity contribution is 5.21. The van der Waals surface area contributed by atoms with E-state index < -0.39 is 0 Å². The number of aryl methyl sites for hydroxylation is 1. The minimum Gasteiger partial charge on any atom is -0.309 e. The van der Waals surface area contributed by atoms with Crippen molar-refractivity contribution in [2.45, 2.75) is 20.0 Å². The number of pyridine rings is 1. The molecule has 2 aromatic rings. The third-order valence-corrected chi connectivity index (χ3v) is 2.54. The standard InChI is InChI=1S/C14H15FN2/c1-11-2-4-12(5-3-11)7-16-8-13-6-14(15)10-17-9-13/h2-6,9-10,16H,7-8H2,1H3. The van der Waals surface area contributed by atoms with E-state index in [-0.39, 0.29) is 5.82 Å². The molecule has 1 aromatic heterocycles. The Balaban J connectivity index is 1.85. The molecular formula is C14H15FN2. The molecule has 0 atom stereocenters. The van der Waals surface area contributed by atoms with E-state index in [2.05, 4.69) is 41.5 Å². The maximum absolute atomic E-state index is 12.9. The van der Waals surface area contributed by atoms with Gasteiger partial charge < -0.3 is 5.32 Å². The lowest BCUT2D eigenvalue weighted by molar-refractivity contribution is 0.612. The number of aromatic nitrogens is 1. The number of rotatable bonds is 4. The fourth-order valence-corrected chi connectivity index (χ4v) is 1.61. The van der Waals surface area contributed by atoms with Crippen LogP contribution in [0.1, 0.15) is 16.7 Å². The van der Waals surface area contributed by atoms with E-state index in [1.165, 1.54) is 23.4 Å². The lowest BCUT2D eigenvalue weighted by Crippen LogP contribution is -2.12. The normalized spacial score (nSPS) is 10.5. The number of benzene rings is 1. The molecule has 0 amide bonds. The zero-order chi connectivity index (χ0) is 12.1. The number of hydrogen-bond donors (Lipinski definition) is 1. The van der Waals surface area contributed by atoms with Crippen LogP contribution < -0.4 is 5.32 Å². The van der Waals surface area contributed by atoms with Crippen LogP contribution in [-0.4, -0.2) is 4.98 Å². The Bertz CT molecular complexity index is 480. The SMILES string of the molecule is Cc1ccc(CNCc2cncc(F)c2)cc1. The summed E-state index contributed by atoms with van der Waals surface area (Å²) in [6.45, 7) is 3.46. The van der Waals surface area contributed by atoms with Gasteiger partial charge in [0.1, 0.15) is 5.82 Å². The summed E-state index contributed by atoms with van der Waals surface area (Å²) < 4.78 is 12.9. The molecule has 0 spiro atoms. The van der Waals surface area contributed by atoms with Gasteiger partial charge in [-0.3, -0.25) is 4.98 Å². The van der Waals surface area contributed by atoms with Crippen molar-refractivity contribution in [1.29, 1.82) is 0 Å². The van der Waals surface area contributed by atoms with E-state index >= 15 is 0 Å². The van der Waals surface area contributed by atoms with E-state index in [4.69, 9.17) is 0 Å². The third kappa shape index (κ3) is 3.64. The average Bonchev–Trinajstić information content (AvgIpc) is 2.32. The summed E-state index contributed by atoms with van der Waals surface area (Å²) in [4.78, 5) is 3.81. The molecule has 17 heavy (non-hydrogen) atoms. The van der Waals surface area contributed by atoms with Gasteiger partial charge in [-0.15, -0.1) is 0 Å². The lowest BCUT2D eigenvalue weighted by Gasteiger charge is -2.05. The molecule has 0 unspecified atom stereocenters. The Morgan fingerprint density at radius 2 is 1.76 bits per heavy atom. The van der Waals surface area contributed by atoms with Crippen molar-refractivity contribution in [3.05, 3.63) is 65.2 Å². The molecule has 2 nitrogen and oxygen atoms in total. The highest BCUT2D eigenvalue weighted by Gasteiger charge is 1.96. The van der Waals surface area contributed by atoms with Crippen LogP contribution in [0.5, 0.6) is 0 Å². The summed E-state index contributed by atoms with van der Waals surface area (Å²) in [6, 6.07) is 9.84. The van der Waals surface area contributed by atoms with Crippen molar-refractivity contribution in [1.82, 2.24) is 10.3 Å². The first-order valence-corrected chi connectivity index (χ1v) is 5.60. The van der Waals surface area contributed by atoms with Crippen LogP contribution in [0.4, 0.5) is 4.39 Å². The van der Waals surface area contributed by atoms with Gasteiger partial charge in [-0.1, -0.05) is 29.8 Å². The fraction of sp³-hybridized carbons (Fsp3) is 0.214. The minimum atomic E-state index is -0.292. The first-order chi connectivity index (χ1) is 8.24. The molecular weight excluding hydrogens is 215 g/mol. The van der Waals surface area contributed by atoms with Crippen molar-refractivity contribution in [2.75, 3.05) is 0 Å². The maximum Gasteiger partial charge on any atom is 0.141 e. The van der Waals surface area contributed by atoms with Gasteiger partial charge in [0.15, 0.2) is 0 Å². The monoisotopic (exact) mass is 230 g/mol. The van der Waals surface area contributed by atoms with Crippen LogP contribution in [-0.2, 0) is 13.1 Å². The summed E-state index contributed by atoms with van der Waals surface area (Å²) in [6.07, 6.45) is 2.88. The molecule has 0 fully saturated rings. The summed E-state index contributed by atoms with van der Waals surface area (Å²) in [7, 11) is 0. The molecule has 1 aromatic carbocycles. The van der Waals surface area contributed by atoms with Crippen LogP contribution in [0.3, 0.4) is 0 Å². The quantitative estimate of drug-likeness (QED) is 0.873. The predicted molar refractivity (Wildman–Crippen MR) is 65.9 cm³/mol. The molecule has 0 saturated heterocycles. The van der Waals surface area contributed by atoms with Crippen molar-refractivity contribution in [3.8, 4) is 0 Å². The molecule has 0 aliphatic rings. The van der Waals surface area contributed by atoms with Crippen molar-refractivity contribution >= 4 is 0 Å². The van der Waals surface area contributed by atoms with E-state index in [1.807, 2.05) is 0 Å². The Labute approximate surface area is 101 Å². The second-order valence-corrected chi connectivity index (χ2v) is 4.10. The van der Waals surface area contributed by atoms with Crippen molar-refractivity contribution < 1.29 is 4.39 Å². The second kappa shape index (κ2) is 5.55. The fourth-order valence-electron chi connectivity index (χ4n) is 1.61. The summed E-state index contributed by atoms with van der Waals surface area (Å²) in [5.41, 5.74) is 3.33. The van der Waals surface area contributed by atoms with Crippen LogP contribution in [0.25, 0.3) is 0 Å². The molecule has 3 heteroatoms. The largest absolute Gasteiger partial charge is 0.309 e. The number of nitrogens with zero attached hydrogens (tertiary/aromatic N) is 1. The van der Waals surface area contributed by atoms with E-state index in [1.54, 1.807) is 6.20 Å². The summed E-state index contributed by atoms with van der Waals surface area (Å²) in [5.74, 6) is -0.292. The Morgan fingerprint density at radius 3 is 2.47 bits per heavy atom. The number of halogens is 1. The van der Waals surface area contributed by atoms with Gasteiger partial charge in [-0.2, -0.15) is 0 Å². The second-order valence-electron chi connectivity index (χ2n) is 4.10. The minimum absolute atomic E-state index is 0.292. The number of hydrogen-bond acceptors (Lipinski definition) is 2. The third-order valence-electron chi connectivity index (χ3n) is 2.54. The summed E-state index contributed by atoms with van der Waals surface area (Å²) >= 11 is 0. The predicted octanol–water partition coefficient (Wildman–Crippen LogP) is 2.82. The molecule has 1 N–H and O–H groups in total. The van der Waals surface area contributed by atoms with Gasteiger partial charge in [0.2, 0.25) is 0 Å². The molecule has 0 aliphatic heterocycles. The molecule has 0 radical (unpaired) electrons. The van der Waals surface area contributed by atoms with Gasteiger partial charge in [0.05, 0.1) is 6.20 Å². The highest BCUT2D eigenvalue weighted by Crippen LogP contribution is 2.04. The average molecular weight is 230 g/mol. The lowest BCUT2D eigenvalue weighted by atomic mass is 10.1. The van der Waals surface area contributed by atoms with Crippen LogP contribution in [0, 0.1) is 12.7 Å². The maximum atomic E-state index is 12.9. The van der Waals surface area contributed by atoms with Gasteiger partial charge in [0.25, 0.3) is 0 Å². The highest BCUT2D eigenvalue weighted by atomic mass is 19.1. The van der Waals surface area contributed by atoms with E-state index in [9.17, 15) is 4.39 Å². The van der Waals surface area contributed by atoms with Gasteiger partial charge >= 0.3 is 0 Å². The first kappa shape index (κ1) is 11.7. The molecule has 88 valence electrons. The Hall–Kier alpha value is -1.74. The van der Waals surface area contributed by atoms with Crippen molar-refractivity contribution in [3.63, 3.8) is 0 Å². The molecule has 1 heterocycles. The summed E-state index contributed by atoms with van der Waals surface area (Å²) in [5, 5.41) is 3.26. The van der Waals surface area contributed by atoms with Gasteiger partial charge in [-0.05, 0) is 24.1 Å². The first-order valence-electron chi connectivity index (χ1n) is 5.60. The topological polar surface area (TPSA) is 24.9 Å². The zero-order valence-corrected chi connectivity index (χ0v) is 9.78. The zero-order valence-electron chi connectivity index (χ0n) is 9.78. The smallest absolute Gasteiger partial charge is 0.141 e. The molecule has 0 saturated carbocycles. The van der Waals surface area contributed by atoms with Crippen LogP contribution >= 0.6 is 0 Å². The molecule has 0 bridgehead atoms. The Morgan fingerprint density at radius 1 is 1.06 bits per heavy atom. The van der Waals surface area contributed by atoms with Crippen LogP contribution in [0.15, 0.2) is 42.7 Å². The van der Waals surface area contributed by atoms with Gasteiger partial charge in [-0.25, -0.2) is 4.39 Å². The van der Waals surface area contributed by atoms with E-state index in [0.29, 0.717) is 6.54 Å². The van der Waals surface area contributed by atoms with Crippen LogP contribution in [0.2, 0.25) is 0 Å².